The molecular formula is C14H17ClFNO3S. The Morgan fingerprint density at radius 1 is 1.33 bits per heavy atom. The summed E-state index contributed by atoms with van der Waals surface area (Å²) in [4.78, 5) is 13.7. The van der Waals surface area contributed by atoms with Gasteiger partial charge in [0, 0.05) is 23.3 Å². The van der Waals surface area contributed by atoms with Crippen LogP contribution in [0.15, 0.2) is 23.1 Å². The van der Waals surface area contributed by atoms with E-state index >= 15 is 0 Å². The van der Waals surface area contributed by atoms with Crippen LogP contribution in [0.2, 0.25) is 0 Å². The van der Waals surface area contributed by atoms with Gasteiger partial charge in [-0.2, -0.15) is 0 Å². The van der Waals surface area contributed by atoms with Gasteiger partial charge in [-0.05, 0) is 43.9 Å². The summed E-state index contributed by atoms with van der Waals surface area (Å²) in [5.74, 6) is -0.909. The first-order valence-corrected chi connectivity index (χ1v) is 9.06. The van der Waals surface area contributed by atoms with Crippen LogP contribution in [0.4, 0.5) is 4.39 Å². The summed E-state index contributed by atoms with van der Waals surface area (Å²) in [6, 6.07) is 3.16. The van der Waals surface area contributed by atoms with Crippen LogP contribution in [0.3, 0.4) is 0 Å². The molecule has 116 valence electrons. The van der Waals surface area contributed by atoms with Crippen LogP contribution in [0.1, 0.15) is 37.0 Å². The fraction of sp³-hybridized carbons (Fsp3) is 0.500. The molecule has 0 bridgehead atoms. The van der Waals surface area contributed by atoms with Crippen molar-refractivity contribution in [2.24, 2.45) is 5.92 Å². The van der Waals surface area contributed by atoms with E-state index in [1.54, 1.807) is 4.90 Å². The molecule has 1 aliphatic rings. The fourth-order valence-corrected chi connectivity index (χ4v) is 3.31. The molecule has 1 fully saturated rings. The highest BCUT2D eigenvalue weighted by Crippen LogP contribution is 2.25. The topological polar surface area (TPSA) is 54.5 Å². The molecule has 0 aliphatic carbocycles. The Balaban J connectivity index is 2.31. The maximum atomic E-state index is 14.0. The standard InChI is InChI=1S/C14H17ClFNO3S/c1-9-3-4-10(2)17(8-9)14(18)12-6-5-11(7-13(12)16)21(15,19)20/h5-7,9-10H,3-4,8H2,1-2H3. The van der Waals surface area contributed by atoms with E-state index in [1.165, 1.54) is 6.07 Å². The average molecular weight is 334 g/mol. The first-order valence-electron chi connectivity index (χ1n) is 6.75. The van der Waals surface area contributed by atoms with Gasteiger partial charge in [-0.1, -0.05) is 6.92 Å². The monoisotopic (exact) mass is 333 g/mol. The van der Waals surface area contributed by atoms with E-state index in [-0.39, 0.29) is 16.5 Å². The van der Waals surface area contributed by atoms with Gasteiger partial charge in [0.1, 0.15) is 5.82 Å². The maximum absolute atomic E-state index is 14.0. The Bertz CT molecular complexity index is 662. The van der Waals surface area contributed by atoms with E-state index in [9.17, 15) is 17.6 Å². The lowest BCUT2D eigenvalue weighted by atomic mass is 9.94. The van der Waals surface area contributed by atoms with Gasteiger partial charge in [0.05, 0.1) is 10.5 Å². The van der Waals surface area contributed by atoms with Crippen molar-refractivity contribution in [1.82, 2.24) is 4.90 Å². The van der Waals surface area contributed by atoms with Gasteiger partial charge in [0.25, 0.3) is 15.0 Å². The van der Waals surface area contributed by atoms with Crippen molar-refractivity contribution in [1.29, 1.82) is 0 Å². The molecule has 1 amide bonds. The SMILES string of the molecule is CC1CCC(C)N(C(=O)c2ccc(S(=O)(=O)Cl)cc2F)C1. The van der Waals surface area contributed by atoms with Crippen molar-refractivity contribution in [2.45, 2.75) is 37.6 Å². The molecule has 1 saturated heterocycles. The maximum Gasteiger partial charge on any atom is 0.261 e. The van der Waals surface area contributed by atoms with Gasteiger partial charge >= 0.3 is 0 Å². The molecule has 1 aliphatic heterocycles. The molecule has 0 N–H and O–H groups in total. The molecule has 0 radical (unpaired) electrons. The quantitative estimate of drug-likeness (QED) is 0.782. The second-order valence-corrected chi connectivity index (χ2v) is 8.13. The number of halogens is 2. The van der Waals surface area contributed by atoms with E-state index in [0.29, 0.717) is 12.5 Å². The Labute approximate surface area is 128 Å². The van der Waals surface area contributed by atoms with Crippen molar-refractivity contribution in [3.05, 3.63) is 29.6 Å². The van der Waals surface area contributed by atoms with E-state index in [1.807, 2.05) is 13.8 Å². The van der Waals surface area contributed by atoms with Crippen LogP contribution in [-0.4, -0.2) is 31.8 Å². The smallest absolute Gasteiger partial charge is 0.261 e. The van der Waals surface area contributed by atoms with Crippen molar-refractivity contribution in [3.8, 4) is 0 Å². The summed E-state index contributed by atoms with van der Waals surface area (Å²) in [5.41, 5.74) is -0.125. The number of rotatable bonds is 2. The Hall–Kier alpha value is -1.14. The number of piperidine rings is 1. The Morgan fingerprint density at radius 2 is 2.00 bits per heavy atom. The van der Waals surface area contributed by atoms with Crippen LogP contribution in [0.25, 0.3) is 0 Å². The van der Waals surface area contributed by atoms with Crippen LogP contribution in [-0.2, 0) is 9.05 Å². The average Bonchev–Trinajstić information content (AvgIpc) is 2.39. The molecule has 7 heteroatoms. The minimum atomic E-state index is -4.00. The zero-order valence-corrected chi connectivity index (χ0v) is 13.4. The number of benzene rings is 1. The summed E-state index contributed by atoms with van der Waals surface area (Å²) in [5, 5.41) is 0. The van der Waals surface area contributed by atoms with Crippen LogP contribution < -0.4 is 0 Å². The van der Waals surface area contributed by atoms with Crippen molar-refractivity contribution in [3.63, 3.8) is 0 Å². The van der Waals surface area contributed by atoms with Gasteiger partial charge in [0.15, 0.2) is 0 Å². The Kier molecular flexibility index (Phi) is 4.58. The number of nitrogens with zero attached hydrogens (tertiary/aromatic N) is 1. The van der Waals surface area contributed by atoms with Crippen LogP contribution in [0, 0.1) is 11.7 Å². The molecule has 2 unspecified atom stereocenters. The summed E-state index contributed by atoms with van der Waals surface area (Å²) in [7, 11) is 1.16. The van der Waals surface area contributed by atoms with Crippen LogP contribution in [0.5, 0.6) is 0 Å². The highest BCUT2D eigenvalue weighted by atomic mass is 35.7. The highest BCUT2D eigenvalue weighted by molar-refractivity contribution is 8.13. The second kappa shape index (κ2) is 5.93. The molecule has 2 rings (SSSR count). The minimum Gasteiger partial charge on any atom is -0.336 e. The largest absolute Gasteiger partial charge is 0.336 e. The third-order valence-electron chi connectivity index (χ3n) is 3.83. The van der Waals surface area contributed by atoms with Gasteiger partial charge in [0.2, 0.25) is 0 Å². The fourth-order valence-electron chi connectivity index (χ4n) is 2.55. The van der Waals surface area contributed by atoms with Crippen molar-refractivity contribution in [2.75, 3.05) is 6.54 Å². The lowest BCUT2D eigenvalue weighted by Gasteiger charge is -2.37. The first-order chi connectivity index (χ1) is 9.70. The molecule has 4 nitrogen and oxygen atoms in total. The molecule has 1 aromatic carbocycles. The first kappa shape index (κ1) is 16.2. The summed E-state index contributed by atoms with van der Waals surface area (Å²) in [6.07, 6.45) is 1.92. The van der Waals surface area contributed by atoms with Crippen molar-refractivity contribution >= 4 is 25.6 Å². The van der Waals surface area contributed by atoms with E-state index in [2.05, 4.69) is 0 Å². The summed E-state index contributed by atoms with van der Waals surface area (Å²) in [6.45, 7) is 4.56. The van der Waals surface area contributed by atoms with Crippen molar-refractivity contribution < 1.29 is 17.6 Å². The van der Waals surface area contributed by atoms with E-state index in [4.69, 9.17) is 10.7 Å². The third-order valence-corrected chi connectivity index (χ3v) is 5.18. The van der Waals surface area contributed by atoms with Gasteiger partial charge in [-0.25, -0.2) is 12.8 Å². The van der Waals surface area contributed by atoms with E-state index < -0.39 is 20.8 Å². The molecule has 0 spiro atoms. The number of amides is 1. The summed E-state index contributed by atoms with van der Waals surface area (Å²) < 4.78 is 36.4. The number of hydrogen-bond acceptors (Lipinski definition) is 3. The lowest BCUT2D eigenvalue weighted by molar-refractivity contribution is 0.0569. The predicted octanol–water partition coefficient (Wildman–Crippen LogP) is 3.01. The van der Waals surface area contributed by atoms with Crippen LogP contribution >= 0.6 is 10.7 Å². The van der Waals surface area contributed by atoms with Gasteiger partial charge < -0.3 is 4.90 Å². The summed E-state index contributed by atoms with van der Waals surface area (Å²) >= 11 is 0. The second-order valence-electron chi connectivity index (χ2n) is 5.57. The van der Waals surface area contributed by atoms with Gasteiger partial charge in [-0.3, -0.25) is 4.79 Å². The zero-order valence-electron chi connectivity index (χ0n) is 11.8. The molecule has 0 saturated carbocycles. The highest BCUT2D eigenvalue weighted by Gasteiger charge is 2.29. The molecule has 1 heterocycles. The molecular weight excluding hydrogens is 317 g/mol. The van der Waals surface area contributed by atoms with Gasteiger partial charge in [-0.15, -0.1) is 0 Å². The Morgan fingerprint density at radius 3 is 2.57 bits per heavy atom. The number of likely N-dealkylation sites (tertiary alicyclic amines) is 1. The predicted molar refractivity (Wildman–Crippen MR) is 78.3 cm³/mol. The number of carbonyl (C=O) groups excluding carboxylic acids is 1. The number of carbonyl (C=O) groups is 1. The lowest BCUT2D eigenvalue weighted by Crippen LogP contribution is -2.45. The normalized spacial score (nSPS) is 23.1. The minimum absolute atomic E-state index is 0.0459. The molecule has 21 heavy (non-hydrogen) atoms. The number of hydrogen-bond donors (Lipinski definition) is 0. The molecule has 2 atom stereocenters. The zero-order chi connectivity index (χ0) is 15.8. The third kappa shape index (κ3) is 3.55. The van der Waals surface area contributed by atoms with E-state index in [0.717, 1.165) is 25.0 Å². The molecule has 0 aromatic heterocycles. The molecule has 1 aromatic rings.